The van der Waals surface area contributed by atoms with Crippen molar-refractivity contribution in [2.45, 2.75) is 12.5 Å². The van der Waals surface area contributed by atoms with Gasteiger partial charge in [0.05, 0.1) is 23.1 Å². The Kier molecular flexibility index (Phi) is 3.90. The number of halogens is 6. The highest BCUT2D eigenvalue weighted by Gasteiger charge is 2.37. The Bertz CT molecular complexity index is 681. The molecule has 0 saturated heterocycles. The minimum Gasteiger partial charge on any atom is -0.405 e. The first-order valence-electron chi connectivity index (χ1n) is 5.76. The van der Waals surface area contributed by atoms with E-state index in [0.717, 1.165) is 18.3 Å². The normalized spacial score (nSPS) is 12.3. The van der Waals surface area contributed by atoms with Gasteiger partial charge in [-0.3, -0.25) is 4.98 Å². The van der Waals surface area contributed by atoms with Gasteiger partial charge >= 0.3 is 12.5 Å². The highest BCUT2D eigenvalue weighted by Crippen LogP contribution is 2.40. The Morgan fingerprint density at radius 3 is 2.23 bits per heavy atom. The minimum atomic E-state index is -5.04. The van der Waals surface area contributed by atoms with Gasteiger partial charge < -0.3 is 10.5 Å². The number of aromatic nitrogens is 1. The van der Waals surface area contributed by atoms with Crippen LogP contribution in [-0.4, -0.2) is 11.3 Å². The molecule has 0 fully saturated rings. The fourth-order valence-corrected chi connectivity index (χ4v) is 1.79. The van der Waals surface area contributed by atoms with E-state index in [0.29, 0.717) is 6.07 Å². The van der Waals surface area contributed by atoms with Gasteiger partial charge in [-0.25, -0.2) is 0 Å². The van der Waals surface area contributed by atoms with E-state index in [1.54, 1.807) is 0 Å². The number of anilines is 1. The van der Waals surface area contributed by atoms with E-state index in [1.165, 1.54) is 12.1 Å². The van der Waals surface area contributed by atoms with Crippen LogP contribution in [-0.2, 0) is 6.18 Å². The summed E-state index contributed by atoms with van der Waals surface area (Å²) in [6.07, 6.45) is -8.94. The van der Waals surface area contributed by atoms with Crippen LogP contribution in [0.1, 0.15) is 5.56 Å². The lowest BCUT2D eigenvalue weighted by molar-refractivity contribution is -0.274. The van der Waals surface area contributed by atoms with Crippen molar-refractivity contribution in [3.05, 3.63) is 42.1 Å². The third-order valence-corrected chi connectivity index (χ3v) is 2.58. The van der Waals surface area contributed by atoms with Gasteiger partial charge in [0, 0.05) is 5.56 Å². The topological polar surface area (TPSA) is 48.1 Å². The number of nitrogens with zero attached hydrogens (tertiary/aromatic N) is 1. The first-order chi connectivity index (χ1) is 10.1. The highest BCUT2D eigenvalue weighted by atomic mass is 19.4. The number of ether oxygens (including phenoxy) is 1. The van der Waals surface area contributed by atoms with Crippen molar-refractivity contribution in [1.82, 2.24) is 4.98 Å². The number of rotatable bonds is 2. The van der Waals surface area contributed by atoms with Crippen LogP contribution < -0.4 is 10.5 Å². The molecular weight excluding hydrogens is 314 g/mol. The predicted octanol–water partition coefficient (Wildman–Crippen LogP) is 4.25. The Morgan fingerprint density at radius 2 is 1.64 bits per heavy atom. The summed E-state index contributed by atoms with van der Waals surface area (Å²) >= 11 is 0. The number of hydrogen-bond acceptors (Lipinski definition) is 3. The maximum atomic E-state index is 13.0. The van der Waals surface area contributed by atoms with Crippen LogP contribution in [0, 0.1) is 0 Å². The molecule has 2 aromatic rings. The summed E-state index contributed by atoms with van der Waals surface area (Å²) in [5.41, 5.74) is 2.63. The molecule has 2 rings (SSSR count). The number of alkyl halides is 6. The van der Waals surface area contributed by atoms with Crippen LogP contribution in [0.4, 0.5) is 32.0 Å². The summed E-state index contributed by atoms with van der Waals surface area (Å²) in [6, 6.07) is 5.04. The van der Waals surface area contributed by atoms with Gasteiger partial charge in [0.25, 0.3) is 0 Å². The molecule has 1 aromatic carbocycles. The van der Waals surface area contributed by atoms with E-state index in [9.17, 15) is 26.3 Å². The third kappa shape index (κ3) is 3.60. The van der Waals surface area contributed by atoms with E-state index < -0.39 is 35.1 Å². The van der Waals surface area contributed by atoms with Gasteiger partial charge in [0.15, 0.2) is 0 Å². The maximum Gasteiger partial charge on any atom is 0.573 e. The lowest BCUT2D eigenvalue weighted by Crippen LogP contribution is -2.18. The summed E-state index contributed by atoms with van der Waals surface area (Å²) < 4.78 is 79.9. The Balaban J connectivity index is 2.63. The molecule has 0 amide bonds. The summed E-state index contributed by atoms with van der Waals surface area (Å²) in [7, 11) is 0. The van der Waals surface area contributed by atoms with E-state index >= 15 is 0 Å². The van der Waals surface area contributed by atoms with Crippen LogP contribution in [0.25, 0.3) is 11.3 Å². The molecule has 118 valence electrons. The first-order valence-corrected chi connectivity index (χ1v) is 5.76. The number of benzene rings is 1. The first kappa shape index (κ1) is 15.9. The van der Waals surface area contributed by atoms with Crippen LogP contribution in [0.15, 0.2) is 36.5 Å². The molecular formula is C13H8F6N2O. The molecule has 2 N–H and O–H groups in total. The molecule has 0 radical (unpaired) electrons. The molecule has 22 heavy (non-hydrogen) atoms. The monoisotopic (exact) mass is 322 g/mol. The summed E-state index contributed by atoms with van der Waals surface area (Å²) in [6.45, 7) is 0. The molecule has 0 saturated carbocycles. The quantitative estimate of drug-likeness (QED) is 0.841. The Morgan fingerprint density at radius 1 is 1.00 bits per heavy atom. The number of nitrogens with two attached hydrogens (primary N) is 1. The standard InChI is InChI=1S/C13H8F6N2O/c14-12(15,16)9-5-7(20)6-21-11(9)8-3-1-2-4-10(8)22-13(17,18)19/h1-6H,20H2. The smallest absolute Gasteiger partial charge is 0.405 e. The molecule has 0 atom stereocenters. The van der Waals surface area contributed by atoms with Crippen LogP contribution >= 0.6 is 0 Å². The second kappa shape index (κ2) is 5.39. The van der Waals surface area contributed by atoms with Crippen molar-refractivity contribution >= 4 is 5.69 Å². The lowest BCUT2D eigenvalue weighted by atomic mass is 10.0. The van der Waals surface area contributed by atoms with Gasteiger partial charge in [-0.05, 0) is 18.2 Å². The second-order valence-corrected chi connectivity index (χ2v) is 4.21. The second-order valence-electron chi connectivity index (χ2n) is 4.21. The molecule has 0 aliphatic carbocycles. The van der Waals surface area contributed by atoms with Gasteiger partial charge in [-0.2, -0.15) is 13.2 Å². The van der Waals surface area contributed by atoms with E-state index in [4.69, 9.17) is 5.73 Å². The zero-order valence-corrected chi connectivity index (χ0v) is 10.7. The fraction of sp³-hybridized carbons (Fsp3) is 0.154. The minimum absolute atomic E-state index is 0.259. The zero-order chi connectivity index (χ0) is 16.5. The molecule has 0 aliphatic heterocycles. The van der Waals surface area contributed by atoms with E-state index in [2.05, 4.69) is 9.72 Å². The average molecular weight is 322 g/mol. The van der Waals surface area contributed by atoms with Crippen LogP contribution in [0.3, 0.4) is 0 Å². The van der Waals surface area contributed by atoms with Gasteiger partial charge in [-0.15, -0.1) is 13.2 Å². The summed E-state index contributed by atoms with van der Waals surface area (Å²) in [5.74, 6) is -0.780. The molecule has 0 spiro atoms. The molecule has 0 aliphatic rings. The largest absolute Gasteiger partial charge is 0.573 e. The molecule has 0 unspecified atom stereocenters. The molecule has 1 heterocycles. The van der Waals surface area contributed by atoms with Crippen molar-refractivity contribution < 1.29 is 31.1 Å². The summed E-state index contributed by atoms with van der Waals surface area (Å²) in [4.78, 5) is 3.51. The average Bonchev–Trinajstić information content (AvgIpc) is 2.37. The van der Waals surface area contributed by atoms with Gasteiger partial charge in [0.2, 0.25) is 0 Å². The SMILES string of the molecule is Nc1cnc(-c2ccccc2OC(F)(F)F)c(C(F)(F)F)c1. The number of para-hydroxylation sites is 1. The van der Waals surface area contributed by atoms with E-state index in [1.807, 2.05) is 0 Å². The van der Waals surface area contributed by atoms with Crippen molar-refractivity contribution in [3.8, 4) is 17.0 Å². The number of nitrogen functional groups attached to an aromatic ring is 1. The molecule has 0 bridgehead atoms. The van der Waals surface area contributed by atoms with Crippen molar-refractivity contribution in [2.75, 3.05) is 5.73 Å². The molecule has 9 heteroatoms. The Hall–Kier alpha value is -2.45. The van der Waals surface area contributed by atoms with Gasteiger partial charge in [-0.1, -0.05) is 12.1 Å². The molecule has 1 aromatic heterocycles. The predicted molar refractivity (Wildman–Crippen MR) is 65.8 cm³/mol. The fourth-order valence-electron chi connectivity index (χ4n) is 1.79. The number of pyridine rings is 1. The summed E-state index contributed by atoms with van der Waals surface area (Å²) in [5, 5.41) is 0. The van der Waals surface area contributed by atoms with Crippen LogP contribution in [0.5, 0.6) is 5.75 Å². The van der Waals surface area contributed by atoms with Crippen molar-refractivity contribution in [3.63, 3.8) is 0 Å². The van der Waals surface area contributed by atoms with Crippen LogP contribution in [0.2, 0.25) is 0 Å². The van der Waals surface area contributed by atoms with E-state index in [-0.39, 0.29) is 5.69 Å². The third-order valence-electron chi connectivity index (χ3n) is 2.58. The number of hydrogen-bond donors (Lipinski definition) is 1. The Labute approximate surface area is 120 Å². The zero-order valence-electron chi connectivity index (χ0n) is 10.7. The highest BCUT2D eigenvalue weighted by molar-refractivity contribution is 5.71. The lowest BCUT2D eigenvalue weighted by Gasteiger charge is -2.16. The maximum absolute atomic E-state index is 13.0. The van der Waals surface area contributed by atoms with Crippen molar-refractivity contribution in [2.24, 2.45) is 0 Å². The van der Waals surface area contributed by atoms with Gasteiger partial charge in [0.1, 0.15) is 5.75 Å². The molecule has 3 nitrogen and oxygen atoms in total. The van der Waals surface area contributed by atoms with Crippen molar-refractivity contribution in [1.29, 1.82) is 0 Å².